The van der Waals surface area contributed by atoms with Crippen molar-refractivity contribution in [2.45, 2.75) is 19.4 Å². The number of nitrogens with zero attached hydrogens (tertiary/aromatic N) is 2. The third kappa shape index (κ3) is 3.14. The first kappa shape index (κ1) is 16.6. The molecule has 0 atom stereocenters. The maximum atomic E-state index is 13.1. The molecule has 0 spiro atoms. The molecular formula is C20H19FN2O3. The van der Waals surface area contributed by atoms with Crippen LogP contribution >= 0.6 is 0 Å². The number of hydrogen-bond donors (Lipinski definition) is 0. The fraction of sp³-hybridized carbons (Fsp3) is 0.300. The molecule has 1 saturated heterocycles. The minimum atomic E-state index is -0.319. The Bertz CT molecular complexity index is 845. The van der Waals surface area contributed by atoms with Crippen molar-refractivity contribution in [3.05, 3.63) is 59.4 Å². The lowest BCUT2D eigenvalue weighted by Crippen LogP contribution is -2.38. The molecule has 6 heteroatoms. The summed E-state index contributed by atoms with van der Waals surface area (Å²) in [5, 5.41) is 0. The molecule has 2 aromatic carbocycles. The molecule has 0 N–H and O–H groups in total. The van der Waals surface area contributed by atoms with Crippen molar-refractivity contribution >= 4 is 17.5 Å². The predicted octanol–water partition coefficient (Wildman–Crippen LogP) is 2.99. The molecule has 0 radical (unpaired) electrons. The van der Waals surface area contributed by atoms with Gasteiger partial charge in [0.2, 0.25) is 0 Å². The summed E-state index contributed by atoms with van der Waals surface area (Å²) in [6.45, 7) is 1.79. The second-order valence-electron chi connectivity index (χ2n) is 6.58. The van der Waals surface area contributed by atoms with Gasteiger partial charge in [-0.25, -0.2) is 4.39 Å². The summed E-state index contributed by atoms with van der Waals surface area (Å²) < 4.78 is 18.6. The number of carbonyl (C=O) groups is 2. The van der Waals surface area contributed by atoms with Gasteiger partial charge in [-0.15, -0.1) is 0 Å². The van der Waals surface area contributed by atoms with Crippen LogP contribution in [0.25, 0.3) is 0 Å². The Morgan fingerprint density at radius 1 is 1.08 bits per heavy atom. The van der Waals surface area contributed by atoms with E-state index in [2.05, 4.69) is 0 Å². The van der Waals surface area contributed by atoms with E-state index in [0.717, 1.165) is 31.5 Å². The van der Waals surface area contributed by atoms with E-state index in [9.17, 15) is 14.0 Å². The van der Waals surface area contributed by atoms with Crippen molar-refractivity contribution in [1.29, 1.82) is 0 Å². The number of likely N-dealkylation sites (tertiary alicyclic amines) is 1. The molecule has 0 bridgehead atoms. The van der Waals surface area contributed by atoms with Crippen molar-refractivity contribution in [1.82, 2.24) is 4.90 Å². The van der Waals surface area contributed by atoms with Gasteiger partial charge < -0.3 is 14.5 Å². The quantitative estimate of drug-likeness (QED) is 0.851. The van der Waals surface area contributed by atoms with E-state index in [4.69, 9.17) is 4.74 Å². The molecule has 26 heavy (non-hydrogen) atoms. The van der Waals surface area contributed by atoms with Crippen LogP contribution in [0.4, 0.5) is 10.1 Å². The average Bonchev–Trinajstić information content (AvgIpc) is 3.19. The number of halogens is 1. The highest BCUT2D eigenvalue weighted by molar-refractivity contribution is 6.01. The maximum Gasteiger partial charge on any atom is 0.265 e. The van der Waals surface area contributed by atoms with Crippen molar-refractivity contribution in [2.75, 3.05) is 24.6 Å². The SMILES string of the molecule is O=C(c1ccc2c(c1)N(Cc1ccc(F)cc1)C(=O)CO2)N1CCCC1. The highest BCUT2D eigenvalue weighted by atomic mass is 19.1. The molecule has 0 aromatic heterocycles. The molecule has 2 aromatic rings. The van der Waals surface area contributed by atoms with Gasteiger partial charge in [-0.2, -0.15) is 0 Å². The van der Waals surface area contributed by atoms with Crippen LogP contribution in [-0.4, -0.2) is 36.4 Å². The van der Waals surface area contributed by atoms with Crippen molar-refractivity contribution in [3.8, 4) is 5.75 Å². The molecule has 2 aliphatic rings. The number of ether oxygens (including phenoxy) is 1. The Labute approximate surface area is 151 Å². The molecule has 2 heterocycles. The molecule has 0 saturated carbocycles. The largest absolute Gasteiger partial charge is 0.482 e. The molecule has 1 fully saturated rings. The topological polar surface area (TPSA) is 49.9 Å². The highest BCUT2D eigenvalue weighted by Crippen LogP contribution is 2.34. The van der Waals surface area contributed by atoms with Gasteiger partial charge in [0.1, 0.15) is 11.6 Å². The maximum absolute atomic E-state index is 13.1. The molecule has 2 amide bonds. The second kappa shape index (κ2) is 6.78. The molecular weight excluding hydrogens is 335 g/mol. The highest BCUT2D eigenvalue weighted by Gasteiger charge is 2.28. The first-order valence-corrected chi connectivity index (χ1v) is 8.73. The Balaban J connectivity index is 1.64. The zero-order valence-electron chi connectivity index (χ0n) is 14.3. The van der Waals surface area contributed by atoms with E-state index < -0.39 is 0 Å². The average molecular weight is 354 g/mol. The second-order valence-corrected chi connectivity index (χ2v) is 6.58. The summed E-state index contributed by atoms with van der Waals surface area (Å²) >= 11 is 0. The Hall–Kier alpha value is -2.89. The molecule has 0 unspecified atom stereocenters. The Kier molecular flexibility index (Phi) is 4.32. The summed E-state index contributed by atoms with van der Waals surface area (Å²) in [6.07, 6.45) is 2.05. The number of fused-ring (bicyclic) bond motifs is 1. The van der Waals surface area contributed by atoms with Crippen LogP contribution < -0.4 is 9.64 Å². The molecule has 4 rings (SSSR count). The van der Waals surface area contributed by atoms with E-state index in [0.29, 0.717) is 23.5 Å². The number of amides is 2. The van der Waals surface area contributed by atoms with Gasteiger partial charge in [0.25, 0.3) is 11.8 Å². The normalized spacial score (nSPS) is 16.4. The van der Waals surface area contributed by atoms with E-state index in [1.54, 1.807) is 35.2 Å². The van der Waals surface area contributed by atoms with Crippen molar-refractivity contribution in [2.24, 2.45) is 0 Å². The van der Waals surface area contributed by atoms with Gasteiger partial charge in [-0.3, -0.25) is 9.59 Å². The number of hydrogen-bond acceptors (Lipinski definition) is 3. The number of anilines is 1. The summed E-state index contributed by atoms with van der Waals surface area (Å²) in [7, 11) is 0. The third-order valence-corrected chi connectivity index (χ3v) is 4.80. The number of carbonyl (C=O) groups excluding carboxylic acids is 2. The van der Waals surface area contributed by atoms with Crippen LogP contribution in [-0.2, 0) is 11.3 Å². The van der Waals surface area contributed by atoms with Gasteiger partial charge in [-0.1, -0.05) is 12.1 Å². The third-order valence-electron chi connectivity index (χ3n) is 4.80. The van der Waals surface area contributed by atoms with Crippen molar-refractivity contribution < 1.29 is 18.7 Å². The molecule has 134 valence electrons. The van der Waals surface area contributed by atoms with Crippen LogP contribution in [0.15, 0.2) is 42.5 Å². The zero-order chi connectivity index (χ0) is 18.1. The summed E-state index contributed by atoms with van der Waals surface area (Å²) in [5.41, 5.74) is 1.94. The minimum absolute atomic E-state index is 0.0231. The summed E-state index contributed by atoms with van der Waals surface area (Å²) in [5.74, 6) is 0.0447. The van der Waals surface area contributed by atoms with Crippen LogP contribution in [0.1, 0.15) is 28.8 Å². The molecule has 0 aliphatic carbocycles. The van der Waals surface area contributed by atoms with Crippen LogP contribution in [0.3, 0.4) is 0 Å². The predicted molar refractivity (Wildman–Crippen MR) is 94.7 cm³/mol. The lowest BCUT2D eigenvalue weighted by Gasteiger charge is -2.30. The van der Waals surface area contributed by atoms with Gasteiger partial charge in [0.15, 0.2) is 6.61 Å². The first-order valence-electron chi connectivity index (χ1n) is 8.73. The molecule has 2 aliphatic heterocycles. The lowest BCUT2D eigenvalue weighted by molar-refractivity contribution is -0.121. The van der Waals surface area contributed by atoms with Gasteiger partial charge in [-0.05, 0) is 48.7 Å². The fourth-order valence-corrected chi connectivity index (χ4v) is 3.38. The minimum Gasteiger partial charge on any atom is -0.482 e. The Morgan fingerprint density at radius 2 is 1.81 bits per heavy atom. The number of benzene rings is 2. The lowest BCUT2D eigenvalue weighted by atomic mass is 10.1. The van der Waals surface area contributed by atoms with Gasteiger partial charge >= 0.3 is 0 Å². The van der Waals surface area contributed by atoms with Crippen LogP contribution in [0, 0.1) is 5.82 Å². The van der Waals surface area contributed by atoms with Gasteiger partial charge in [0, 0.05) is 18.7 Å². The monoisotopic (exact) mass is 354 g/mol. The zero-order valence-corrected chi connectivity index (χ0v) is 14.3. The standard InChI is InChI=1S/C20H19FN2O3/c21-16-6-3-14(4-7-16)12-23-17-11-15(20(25)22-9-1-2-10-22)5-8-18(17)26-13-19(23)24/h3-8,11H,1-2,9-10,12-13H2. The Morgan fingerprint density at radius 3 is 2.54 bits per heavy atom. The summed E-state index contributed by atoms with van der Waals surface area (Å²) in [4.78, 5) is 28.5. The van der Waals surface area contributed by atoms with Crippen LogP contribution in [0.2, 0.25) is 0 Å². The van der Waals surface area contributed by atoms with E-state index in [1.165, 1.54) is 12.1 Å². The summed E-state index contributed by atoms with van der Waals surface area (Å²) in [6, 6.07) is 11.2. The van der Waals surface area contributed by atoms with Crippen LogP contribution in [0.5, 0.6) is 5.75 Å². The van der Waals surface area contributed by atoms with Gasteiger partial charge in [0.05, 0.1) is 12.2 Å². The van der Waals surface area contributed by atoms with E-state index in [-0.39, 0.29) is 24.2 Å². The van der Waals surface area contributed by atoms with Crippen molar-refractivity contribution in [3.63, 3.8) is 0 Å². The first-order chi connectivity index (χ1) is 12.6. The number of rotatable bonds is 3. The fourth-order valence-electron chi connectivity index (χ4n) is 3.38. The molecule has 5 nitrogen and oxygen atoms in total. The smallest absolute Gasteiger partial charge is 0.265 e. The van der Waals surface area contributed by atoms with E-state index >= 15 is 0 Å². The van der Waals surface area contributed by atoms with E-state index in [1.807, 2.05) is 4.90 Å².